The first-order valence-electron chi connectivity index (χ1n) is 8.78. The molecule has 2 aromatic carbocycles. The first-order valence-corrected chi connectivity index (χ1v) is 9.15. The molecular formula is C21H17ClN4O2. The van der Waals surface area contributed by atoms with Crippen molar-refractivity contribution >= 4 is 23.2 Å². The van der Waals surface area contributed by atoms with E-state index >= 15 is 0 Å². The van der Waals surface area contributed by atoms with Gasteiger partial charge in [-0.15, -0.1) is 0 Å². The van der Waals surface area contributed by atoms with Gasteiger partial charge in [-0.2, -0.15) is 5.10 Å². The largest absolute Gasteiger partial charge is 0.355 e. The molecule has 0 aliphatic carbocycles. The van der Waals surface area contributed by atoms with Gasteiger partial charge in [-0.1, -0.05) is 47.1 Å². The second kappa shape index (κ2) is 8.10. The van der Waals surface area contributed by atoms with Crippen molar-refractivity contribution in [3.8, 4) is 11.3 Å². The van der Waals surface area contributed by atoms with Gasteiger partial charge in [-0.05, 0) is 36.2 Å². The monoisotopic (exact) mass is 392 g/mol. The number of carbonyl (C=O) groups is 1. The van der Waals surface area contributed by atoms with Crippen molar-refractivity contribution in [2.75, 3.05) is 5.32 Å². The van der Waals surface area contributed by atoms with Crippen LogP contribution in [0, 0.1) is 0 Å². The van der Waals surface area contributed by atoms with Crippen LogP contribution < -0.4 is 5.32 Å². The summed E-state index contributed by atoms with van der Waals surface area (Å²) in [5.41, 5.74) is 2.83. The highest BCUT2D eigenvalue weighted by molar-refractivity contribution is 6.30. The van der Waals surface area contributed by atoms with Crippen LogP contribution in [0.25, 0.3) is 11.3 Å². The summed E-state index contributed by atoms with van der Waals surface area (Å²) in [5.74, 6) is 0.145. The number of nitrogens with one attached hydrogen (secondary N) is 1. The van der Waals surface area contributed by atoms with Crippen molar-refractivity contribution in [2.45, 2.75) is 13.0 Å². The van der Waals surface area contributed by atoms with Crippen molar-refractivity contribution in [3.05, 3.63) is 89.3 Å². The number of aromatic nitrogens is 3. The van der Waals surface area contributed by atoms with Gasteiger partial charge in [-0.25, -0.2) is 0 Å². The quantitative estimate of drug-likeness (QED) is 0.516. The molecule has 140 valence electrons. The first kappa shape index (κ1) is 18.0. The molecule has 0 radical (unpaired) electrons. The average Bonchev–Trinajstić information content (AvgIpc) is 3.38. The molecule has 0 unspecified atom stereocenters. The minimum Gasteiger partial charge on any atom is -0.355 e. The molecule has 7 heteroatoms. The van der Waals surface area contributed by atoms with Gasteiger partial charge in [0.05, 0.1) is 11.9 Å². The summed E-state index contributed by atoms with van der Waals surface area (Å²) in [5, 5.41) is 11.5. The molecule has 0 saturated heterocycles. The number of amides is 1. The van der Waals surface area contributed by atoms with Crippen LogP contribution in [0.15, 0.2) is 77.6 Å². The molecule has 2 heterocycles. The second-order valence-corrected chi connectivity index (χ2v) is 6.70. The number of carbonyl (C=O) groups excluding carboxylic acids is 1. The zero-order valence-corrected chi connectivity index (χ0v) is 15.6. The maximum Gasteiger partial charge on any atom is 0.277 e. The lowest BCUT2D eigenvalue weighted by Gasteiger charge is -2.01. The lowest BCUT2D eigenvalue weighted by atomic mass is 10.1. The predicted molar refractivity (Wildman–Crippen MR) is 107 cm³/mol. The average molecular weight is 393 g/mol. The number of anilines is 1. The number of hydrogen-bond donors (Lipinski definition) is 1. The zero-order valence-electron chi connectivity index (χ0n) is 14.9. The van der Waals surface area contributed by atoms with Crippen molar-refractivity contribution in [1.29, 1.82) is 0 Å². The Morgan fingerprint density at radius 3 is 2.68 bits per heavy atom. The first-order chi connectivity index (χ1) is 13.7. The smallest absolute Gasteiger partial charge is 0.277 e. The number of benzene rings is 2. The fraction of sp³-hybridized carbons (Fsp3) is 0.0952. The van der Waals surface area contributed by atoms with Gasteiger partial charge >= 0.3 is 0 Å². The van der Waals surface area contributed by atoms with Gasteiger partial charge < -0.3 is 9.84 Å². The summed E-state index contributed by atoms with van der Waals surface area (Å²) in [6.45, 7) is 0.727. The molecule has 0 bridgehead atoms. The lowest BCUT2D eigenvalue weighted by Crippen LogP contribution is -2.11. The van der Waals surface area contributed by atoms with Gasteiger partial charge in [0, 0.05) is 29.4 Å². The highest BCUT2D eigenvalue weighted by atomic mass is 35.5. The van der Waals surface area contributed by atoms with E-state index in [1.807, 2.05) is 18.2 Å². The second-order valence-electron chi connectivity index (χ2n) is 6.27. The summed E-state index contributed by atoms with van der Waals surface area (Å²) < 4.78 is 7.06. The molecule has 6 nitrogen and oxygen atoms in total. The van der Waals surface area contributed by atoms with Crippen molar-refractivity contribution < 1.29 is 9.32 Å². The molecule has 2 aromatic heterocycles. The van der Waals surface area contributed by atoms with E-state index in [-0.39, 0.29) is 11.6 Å². The Balaban J connectivity index is 1.37. The van der Waals surface area contributed by atoms with Crippen LogP contribution in [0.1, 0.15) is 16.1 Å². The Hall–Kier alpha value is -3.38. The Kier molecular flexibility index (Phi) is 5.21. The van der Waals surface area contributed by atoms with Crippen LogP contribution in [-0.2, 0) is 13.0 Å². The summed E-state index contributed by atoms with van der Waals surface area (Å²) in [4.78, 5) is 12.4. The van der Waals surface area contributed by atoms with Gasteiger partial charge in [0.2, 0.25) is 0 Å². The molecule has 0 atom stereocenters. The van der Waals surface area contributed by atoms with E-state index in [1.54, 1.807) is 47.4 Å². The molecule has 4 aromatic rings. The highest BCUT2D eigenvalue weighted by Crippen LogP contribution is 2.22. The molecule has 0 saturated carbocycles. The zero-order chi connectivity index (χ0) is 19.3. The van der Waals surface area contributed by atoms with E-state index in [1.165, 1.54) is 5.56 Å². The van der Waals surface area contributed by atoms with E-state index in [0.29, 0.717) is 16.5 Å². The number of hydrogen-bond acceptors (Lipinski definition) is 4. The molecule has 1 amide bonds. The van der Waals surface area contributed by atoms with Crippen LogP contribution in [0.5, 0.6) is 0 Å². The molecule has 0 aliphatic heterocycles. The molecule has 0 spiro atoms. The minimum absolute atomic E-state index is 0.196. The third-order valence-corrected chi connectivity index (χ3v) is 4.49. The third kappa shape index (κ3) is 4.29. The topological polar surface area (TPSA) is 73.0 Å². The molecular weight excluding hydrogens is 376 g/mol. The molecule has 28 heavy (non-hydrogen) atoms. The van der Waals surface area contributed by atoms with E-state index in [2.05, 4.69) is 27.7 Å². The van der Waals surface area contributed by atoms with Crippen molar-refractivity contribution in [3.63, 3.8) is 0 Å². The summed E-state index contributed by atoms with van der Waals surface area (Å²) in [6.07, 6.45) is 4.27. The molecule has 1 N–H and O–H groups in total. The normalized spacial score (nSPS) is 10.8. The van der Waals surface area contributed by atoms with Crippen LogP contribution in [0.2, 0.25) is 5.02 Å². The van der Waals surface area contributed by atoms with Crippen LogP contribution >= 0.6 is 11.6 Å². The maximum absolute atomic E-state index is 12.4. The number of nitrogens with zero attached hydrogens (tertiary/aromatic N) is 3. The number of rotatable bonds is 6. The standard InChI is InChI=1S/C21H17ClN4O2/c22-17-8-6-16(7-9-17)20-12-19(25-28-20)21(27)24-18-13-23-26(14-18)11-10-15-4-2-1-3-5-15/h1-9,12-14H,10-11H2,(H,24,27). The summed E-state index contributed by atoms with van der Waals surface area (Å²) in [7, 11) is 0. The Morgan fingerprint density at radius 1 is 1.11 bits per heavy atom. The minimum atomic E-state index is -0.355. The van der Waals surface area contributed by atoms with Crippen LogP contribution in [0.3, 0.4) is 0 Å². The van der Waals surface area contributed by atoms with E-state index in [9.17, 15) is 4.79 Å². The van der Waals surface area contributed by atoms with Crippen LogP contribution in [-0.4, -0.2) is 20.8 Å². The van der Waals surface area contributed by atoms with Crippen LogP contribution in [0.4, 0.5) is 5.69 Å². The fourth-order valence-corrected chi connectivity index (χ4v) is 2.89. The van der Waals surface area contributed by atoms with Crippen molar-refractivity contribution in [2.24, 2.45) is 0 Å². The SMILES string of the molecule is O=C(Nc1cnn(CCc2ccccc2)c1)c1cc(-c2ccc(Cl)cc2)on1. The molecule has 4 rings (SSSR count). The van der Waals surface area contributed by atoms with E-state index in [0.717, 1.165) is 18.5 Å². The summed E-state index contributed by atoms with van der Waals surface area (Å²) in [6, 6.07) is 18.9. The predicted octanol–water partition coefficient (Wildman–Crippen LogP) is 4.69. The Morgan fingerprint density at radius 2 is 1.89 bits per heavy atom. The molecule has 0 fully saturated rings. The van der Waals surface area contributed by atoms with Crippen molar-refractivity contribution in [1.82, 2.24) is 14.9 Å². The van der Waals surface area contributed by atoms with Gasteiger partial charge in [0.1, 0.15) is 0 Å². The van der Waals surface area contributed by atoms with E-state index < -0.39 is 0 Å². The fourth-order valence-electron chi connectivity index (χ4n) is 2.77. The Labute approximate surface area is 166 Å². The van der Waals surface area contributed by atoms with Gasteiger partial charge in [0.25, 0.3) is 5.91 Å². The molecule has 0 aliphatic rings. The summed E-state index contributed by atoms with van der Waals surface area (Å²) >= 11 is 5.89. The highest BCUT2D eigenvalue weighted by Gasteiger charge is 2.14. The number of aryl methyl sites for hydroxylation is 2. The van der Waals surface area contributed by atoms with Gasteiger partial charge in [0.15, 0.2) is 11.5 Å². The van der Waals surface area contributed by atoms with Gasteiger partial charge in [-0.3, -0.25) is 9.48 Å². The lowest BCUT2D eigenvalue weighted by molar-refractivity contribution is 0.101. The Bertz CT molecular complexity index is 1070. The third-order valence-electron chi connectivity index (χ3n) is 4.24. The maximum atomic E-state index is 12.4. The number of halogens is 1. The van der Waals surface area contributed by atoms with E-state index in [4.69, 9.17) is 16.1 Å².